The molecule has 1 aromatic rings. The zero-order valence-corrected chi connectivity index (χ0v) is 11.2. The van der Waals surface area contributed by atoms with E-state index in [2.05, 4.69) is 22.9 Å². The van der Waals surface area contributed by atoms with Crippen LogP contribution in [0.1, 0.15) is 31.2 Å². The fourth-order valence-electron chi connectivity index (χ4n) is 1.65. The van der Waals surface area contributed by atoms with E-state index < -0.39 is 0 Å². The van der Waals surface area contributed by atoms with Crippen molar-refractivity contribution in [3.63, 3.8) is 0 Å². The Morgan fingerprint density at radius 3 is 2.81 bits per heavy atom. The van der Waals surface area contributed by atoms with E-state index in [0.29, 0.717) is 0 Å². The molecule has 0 atom stereocenters. The topological polar surface area (TPSA) is 29.9 Å². The number of nitrogens with zero attached hydrogens (tertiary/aromatic N) is 2. The second-order valence-corrected chi connectivity index (χ2v) is 5.09. The van der Waals surface area contributed by atoms with Crippen molar-refractivity contribution >= 4 is 11.8 Å². The zero-order valence-electron chi connectivity index (χ0n) is 10.4. The molecular weight excluding hydrogens is 218 g/mol. The molecule has 0 bridgehead atoms. The SMILES string of the molecule is CSCCCCCCNCc1cnn(C)c1. The lowest BCUT2D eigenvalue weighted by molar-refractivity contribution is 0.599. The molecule has 3 nitrogen and oxygen atoms in total. The van der Waals surface area contributed by atoms with Crippen LogP contribution < -0.4 is 5.32 Å². The van der Waals surface area contributed by atoms with Gasteiger partial charge in [0.25, 0.3) is 0 Å². The smallest absolute Gasteiger partial charge is 0.0534 e. The Balaban J connectivity index is 1.88. The van der Waals surface area contributed by atoms with Crippen molar-refractivity contribution < 1.29 is 0 Å². The second-order valence-electron chi connectivity index (χ2n) is 4.11. The van der Waals surface area contributed by atoms with E-state index >= 15 is 0 Å². The van der Waals surface area contributed by atoms with Crippen molar-refractivity contribution in [2.45, 2.75) is 32.2 Å². The molecule has 0 unspecified atom stereocenters. The summed E-state index contributed by atoms with van der Waals surface area (Å²) < 4.78 is 1.85. The monoisotopic (exact) mass is 241 g/mol. The molecule has 4 heteroatoms. The van der Waals surface area contributed by atoms with Gasteiger partial charge in [0.15, 0.2) is 0 Å². The van der Waals surface area contributed by atoms with Gasteiger partial charge in [-0.25, -0.2) is 0 Å². The van der Waals surface area contributed by atoms with E-state index in [0.717, 1.165) is 13.1 Å². The Kier molecular flexibility index (Phi) is 7.34. The molecule has 0 radical (unpaired) electrons. The molecule has 1 aromatic heterocycles. The van der Waals surface area contributed by atoms with Gasteiger partial charge in [0, 0.05) is 25.4 Å². The number of nitrogens with one attached hydrogen (secondary N) is 1. The molecule has 0 aliphatic carbocycles. The van der Waals surface area contributed by atoms with Crippen molar-refractivity contribution in [3.8, 4) is 0 Å². The van der Waals surface area contributed by atoms with Crippen LogP contribution >= 0.6 is 11.8 Å². The maximum atomic E-state index is 4.14. The number of aromatic nitrogens is 2. The molecule has 92 valence electrons. The molecule has 0 saturated heterocycles. The fraction of sp³-hybridized carbons (Fsp3) is 0.750. The largest absolute Gasteiger partial charge is 0.313 e. The summed E-state index contributed by atoms with van der Waals surface area (Å²) in [6.45, 7) is 2.06. The van der Waals surface area contributed by atoms with Crippen molar-refractivity contribution in [2.24, 2.45) is 7.05 Å². The second kappa shape index (κ2) is 8.65. The number of hydrogen-bond acceptors (Lipinski definition) is 3. The highest BCUT2D eigenvalue weighted by molar-refractivity contribution is 7.98. The maximum Gasteiger partial charge on any atom is 0.0534 e. The highest BCUT2D eigenvalue weighted by Gasteiger charge is 1.95. The van der Waals surface area contributed by atoms with Gasteiger partial charge in [-0.05, 0) is 31.4 Å². The Morgan fingerprint density at radius 2 is 2.12 bits per heavy atom. The maximum absolute atomic E-state index is 4.14. The van der Waals surface area contributed by atoms with E-state index in [1.165, 1.54) is 37.0 Å². The predicted molar refractivity (Wildman–Crippen MR) is 71.8 cm³/mol. The summed E-state index contributed by atoms with van der Waals surface area (Å²) in [7, 11) is 1.95. The van der Waals surface area contributed by atoms with E-state index in [1.54, 1.807) is 0 Å². The van der Waals surface area contributed by atoms with Crippen LogP contribution in [0.2, 0.25) is 0 Å². The van der Waals surface area contributed by atoms with Gasteiger partial charge in [-0.2, -0.15) is 16.9 Å². The van der Waals surface area contributed by atoms with Crippen molar-refractivity contribution in [2.75, 3.05) is 18.6 Å². The van der Waals surface area contributed by atoms with Crippen LogP contribution in [-0.4, -0.2) is 28.3 Å². The Bertz CT molecular complexity index is 273. The summed E-state index contributed by atoms with van der Waals surface area (Å²) in [5.41, 5.74) is 1.27. The van der Waals surface area contributed by atoms with E-state index in [4.69, 9.17) is 0 Å². The van der Waals surface area contributed by atoms with Crippen LogP contribution in [0.4, 0.5) is 0 Å². The van der Waals surface area contributed by atoms with Gasteiger partial charge < -0.3 is 5.32 Å². The van der Waals surface area contributed by atoms with Crippen molar-refractivity contribution in [1.82, 2.24) is 15.1 Å². The van der Waals surface area contributed by atoms with Gasteiger partial charge in [-0.3, -0.25) is 4.68 Å². The van der Waals surface area contributed by atoms with Crippen LogP contribution in [0.15, 0.2) is 12.4 Å². The first-order valence-corrected chi connectivity index (χ1v) is 7.39. The molecule has 0 aliphatic heterocycles. The number of unbranched alkanes of at least 4 members (excludes halogenated alkanes) is 3. The molecule has 1 N–H and O–H groups in total. The molecule has 0 fully saturated rings. The van der Waals surface area contributed by atoms with Crippen LogP contribution in [0, 0.1) is 0 Å². The minimum atomic E-state index is 0.943. The lowest BCUT2D eigenvalue weighted by Crippen LogP contribution is -2.14. The van der Waals surface area contributed by atoms with Crippen LogP contribution in [0.5, 0.6) is 0 Å². The predicted octanol–water partition coefficient (Wildman–Crippen LogP) is 2.43. The first kappa shape index (κ1) is 13.6. The molecule has 0 amide bonds. The lowest BCUT2D eigenvalue weighted by atomic mass is 10.2. The van der Waals surface area contributed by atoms with Gasteiger partial charge in [0.2, 0.25) is 0 Å². The zero-order chi connectivity index (χ0) is 11.6. The Morgan fingerprint density at radius 1 is 1.31 bits per heavy atom. The molecule has 0 spiro atoms. The minimum absolute atomic E-state index is 0.943. The summed E-state index contributed by atoms with van der Waals surface area (Å²) in [6, 6.07) is 0. The van der Waals surface area contributed by atoms with E-state index in [1.807, 2.05) is 29.7 Å². The third-order valence-corrected chi connectivity index (χ3v) is 3.24. The van der Waals surface area contributed by atoms with Gasteiger partial charge in [0.05, 0.1) is 6.20 Å². The van der Waals surface area contributed by atoms with Crippen LogP contribution in [-0.2, 0) is 13.6 Å². The third kappa shape index (κ3) is 6.18. The van der Waals surface area contributed by atoms with E-state index in [-0.39, 0.29) is 0 Å². The van der Waals surface area contributed by atoms with Crippen molar-refractivity contribution in [1.29, 1.82) is 0 Å². The first-order chi connectivity index (χ1) is 7.83. The fourth-order valence-corrected chi connectivity index (χ4v) is 2.14. The average molecular weight is 241 g/mol. The van der Waals surface area contributed by atoms with Crippen molar-refractivity contribution in [3.05, 3.63) is 18.0 Å². The Labute approximate surface area is 103 Å². The van der Waals surface area contributed by atoms with Gasteiger partial charge in [0.1, 0.15) is 0 Å². The summed E-state index contributed by atoms with van der Waals surface area (Å²) in [4.78, 5) is 0. The third-order valence-electron chi connectivity index (χ3n) is 2.54. The minimum Gasteiger partial charge on any atom is -0.313 e. The van der Waals surface area contributed by atoms with Crippen LogP contribution in [0.25, 0.3) is 0 Å². The quantitative estimate of drug-likeness (QED) is 0.673. The summed E-state index contributed by atoms with van der Waals surface area (Å²) in [5.74, 6) is 1.31. The number of hydrogen-bond donors (Lipinski definition) is 1. The lowest BCUT2D eigenvalue weighted by Gasteiger charge is -2.02. The number of rotatable bonds is 9. The first-order valence-electron chi connectivity index (χ1n) is 6.00. The highest BCUT2D eigenvalue weighted by atomic mass is 32.2. The normalized spacial score (nSPS) is 10.9. The molecule has 0 saturated carbocycles. The van der Waals surface area contributed by atoms with Gasteiger partial charge in [-0.15, -0.1) is 0 Å². The standard InChI is InChI=1S/C12H23N3S/c1-15-11-12(10-14-15)9-13-7-5-3-4-6-8-16-2/h10-11,13H,3-9H2,1-2H3. The van der Waals surface area contributed by atoms with Gasteiger partial charge in [-0.1, -0.05) is 12.8 Å². The van der Waals surface area contributed by atoms with Gasteiger partial charge >= 0.3 is 0 Å². The summed E-state index contributed by atoms with van der Waals surface area (Å²) in [5, 5.41) is 7.59. The molecule has 1 heterocycles. The summed E-state index contributed by atoms with van der Waals surface area (Å²) in [6.07, 6.45) is 11.5. The molecule has 1 rings (SSSR count). The van der Waals surface area contributed by atoms with E-state index in [9.17, 15) is 0 Å². The molecule has 0 aromatic carbocycles. The number of aryl methyl sites for hydroxylation is 1. The molecular formula is C12H23N3S. The molecule has 16 heavy (non-hydrogen) atoms. The summed E-state index contributed by atoms with van der Waals surface area (Å²) >= 11 is 1.94. The highest BCUT2D eigenvalue weighted by Crippen LogP contribution is 2.04. The molecule has 0 aliphatic rings. The number of thioether (sulfide) groups is 1. The average Bonchev–Trinajstić information content (AvgIpc) is 2.68. The van der Waals surface area contributed by atoms with Crippen LogP contribution in [0.3, 0.4) is 0 Å². The Hall–Kier alpha value is -0.480.